The number of benzene rings is 2. The zero-order valence-electron chi connectivity index (χ0n) is 18.1. The summed E-state index contributed by atoms with van der Waals surface area (Å²) in [6.07, 6.45) is 6.58. The zero-order chi connectivity index (χ0) is 22.3. The molecule has 0 radical (unpaired) electrons. The van der Waals surface area contributed by atoms with Gasteiger partial charge in [0, 0.05) is 11.1 Å². The summed E-state index contributed by atoms with van der Waals surface area (Å²) in [7, 11) is 0. The highest BCUT2D eigenvalue weighted by Gasteiger charge is 2.25. The Hall–Kier alpha value is -3.25. The van der Waals surface area contributed by atoms with Crippen LogP contribution in [-0.4, -0.2) is 29.3 Å². The van der Waals surface area contributed by atoms with Gasteiger partial charge in [-0.1, -0.05) is 80.6 Å². The molecule has 32 heavy (non-hydrogen) atoms. The summed E-state index contributed by atoms with van der Waals surface area (Å²) in [4.78, 5) is 30.1. The number of carbonyl (C=O) groups is 2. The number of oxazole rings is 1. The number of hydrogen-bond donors (Lipinski definition) is 2. The first-order valence-electron chi connectivity index (χ1n) is 11.3. The molecule has 0 aliphatic heterocycles. The van der Waals surface area contributed by atoms with Crippen molar-refractivity contribution in [1.29, 1.82) is 0 Å². The lowest BCUT2D eigenvalue weighted by Gasteiger charge is -2.24. The van der Waals surface area contributed by atoms with Crippen molar-refractivity contribution in [3.63, 3.8) is 0 Å². The van der Waals surface area contributed by atoms with Crippen molar-refractivity contribution < 1.29 is 14.0 Å². The van der Waals surface area contributed by atoms with Gasteiger partial charge in [-0.05, 0) is 24.5 Å². The smallest absolute Gasteiger partial charge is 0.237 e. The van der Waals surface area contributed by atoms with Gasteiger partial charge in [-0.3, -0.25) is 9.59 Å². The third kappa shape index (κ3) is 5.32. The number of nitrogens with one attached hydrogen (secondary N) is 1. The van der Waals surface area contributed by atoms with E-state index in [0.29, 0.717) is 23.9 Å². The van der Waals surface area contributed by atoms with Gasteiger partial charge in [0.2, 0.25) is 23.3 Å². The molecule has 166 valence electrons. The molecule has 1 saturated carbocycles. The van der Waals surface area contributed by atoms with Crippen molar-refractivity contribution in [3.05, 3.63) is 66.4 Å². The molecule has 4 rings (SSSR count). The first-order chi connectivity index (χ1) is 15.6. The SMILES string of the molecule is N[C@@H](CC1CCCCC1)C(=O)NCC(=O)c1oc(-c2ccccc2)nc1-c1ccccc1. The molecule has 0 unspecified atom stereocenters. The Morgan fingerprint density at radius 1 is 0.969 bits per heavy atom. The van der Waals surface area contributed by atoms with Gasteiger partial charge in [0.15, 0.2) is 0 Å². The summed E-state index contributed by atoms with van der Waals surface area (Å²) in [6.45, 7) is -0.180. The number of aromatic nitrogens is 1. The molecule has 3 N–H and O–H groups in total. The third-order valence-corrected chi connectivity index (χ3v) is 6.02. The highest BCUT2D eigenvalue weighted by Crippen LogP contribution is 2.29. The van der Waals surface area contributed by atoms with Crippen LogP contribution in [0.15, 0.2) is 65.1 Å². The third-order valence-electron chi connectivity index (χ3n) is 6.02. The maximum absolute atomic E-state index is 13.0. The summed E-state index contributed by atoms with van der Waals surface area (Å²) >= 11 is 0. The molecule has 1 aromatic heterocycles. The van der Waals surface area contributed by atoms with Gasteiger partial charge in [0.05, 0.1) is 12.6 Å². The molecule has 1 amide bonds. The van der Waals surface area contributed by atoms with Crippen LogP contribution in [0.5, 0.6) is 0 Å². The number of rotatable bonds is 8. The van der Waals surface area contributed by atoms with E-state index >= 15 is 0 Å². The van der Waals surface area contributed by atoms with Crippen LogP contribution in [0.2, 0.25) is 0 Å². The number of nitrogens with two attached hydrogens (primary N) is 1. The quantitative estimate of drug-likeness (QED) is 0.508. The standard InChI is InChI=1S/C26H29N3O3/c27-21(16-18-10-4-1-5-11-18)25(31)28-17-22(30)24-23(19-12-6-2-7-13-19)29-26(32-24)20-14-8-3-9-15-20/h2-3,6-9,12-15,18,21H,1,4-5,10-11,16-17,27H2,(H,28,31)/t21-/m0/s1. The van der Waals surface area contributed by atoms with Gasteiger partial charge in [-0.2, -0.15) is 0 Å². The molecular weight excluding hydrogens is 402 g/mol. The second-order valence-corrected chi connectivity index (χ2v) is 8.42. The van der Waals surface area contributed by atoms with E-state index in [4.69, 9.17) is 10.2 Å². The normalized spacial score (nSPS) is 15.3. The first-order valence-corrected chi connectivity index (χ1v) is 11.3. The molecule has 0 saturated heterocycles. The Morgan fingerprint density at radius 2 is 1.59 bits per heavy atom. The maximum atomic E-state index is 13.0. The topological polar surface area (TPSA) is 98.2 Å². The molecule has 0 spiro atoms. The van der Waals surface area contributed by atoms with E-state index in [1.807, 2.05) is 60.7 Å². The first kappa shape index (κ1) is 22.0. The average Bonchev–Trinajstić information content (AvgIpc) is 3.30. The Kier molecular flexibility index (Phi) is 7.12. The van der Waals surface area contributed by atoms with E-state index in [1.54, 1.807) is 0 Å². The van der Waals surface area contributed by atoms with Gasteiger partial charge >= 0.3 is 0 Å². The van der Waals surface area contributed by atoms with E-state index in [1.165, 1.54) is 19.3 Å². The molecule has 6 nitrogen and oxygen atoms in total. The van der Waals surface area contributed by atoms with Gasteiger partial charge < -0.3 is 15.5 Å². The minimum atomic E-state index is -0.603. The molecule has 1 atom stereocenters. The number of Topliss-reactive ketones (excluding diaryl/α,β-unsaturated/α-hetero) is 1. The fraction of sp³-hybridized carbons (Fsp3) is 0.346. The van der Waals surface area contributed by atoms with Gasteiger partial charge in [-0.15, -0.1) is 0 Å². The van der Waals surface area contributed by atoms with Crippen LogP contribution in [0, 0.1) is 5.92 Å². The van der Waals surface area contributed by atoms with Crippen molar-refractivity contribution in [2.24, 2.45) is 11.7 Å². The van der Waals surface area contributed by atoms with E-state index in [9.17, 15) is 9.59 Å². The maximum Gasteiger partial charge on any atom is 0.237 e. The molecule has 6 heteroatoms. The Balaban J connectivity index is 1.47. The van der Waals surface area contributed by atoms with E-state index in [-0.39, 0.29) is 24.0 Å². The van der Waals surface area contributed by atoms with E-state index in [0.717, 1.165) is 24.0 Å². The highest BCUT2D eigenvalue weighted by atomic mass is 16.4. The Labute approximate surface area is 188 Å². The van der Waals surface area contributed by atoms with Crippen molar-refractivity contribution >= 4 is 11.7 Å². The predicted octanol–water partition coefficient (Wildman–Crippen LogP) is 4.61. The average molecular weight is 432 g/mol. The van der Waals surface area contributed by atoms with Gasteiger partial charge in [0.25, 0.3) is 0 Å². The number of nitrogens with zero attached hydrogens (tertiary/aromatic N) is 1. The fourth-order valence-corrected chi connectivity index (χ4v) is 4.27. The van der Waals surface area contributed by atoms with Crippen LogP contribution in [0.25, 0.3) is 22.7 Å². The molecule has 3 aromatic rings. The largest absolute Gasteiger partial charge is 0.432 e. The fourth-order valence-electron chi connectivity index (χ4n) is 4.27. The van der Waals surface area contributed by atoms with Crippen molar-refractivity contribution in [1.82, 2.24) is 10.3 Å². The molecule has 1 aliphatic carbocycles. The molecule has 2 aromatic carbocycles. The summed E-state index contributed by atoms with van der Waals surface area (Å²) in [5, 5.41) is 2.70. The summed E-state index contributed by atoms with van der Waals surface area (Å²) < 4.78 is 5.89. The van der Waals surface area contributed by atoms with Crippen LogP contribution in [-0.2, 0) is 4.79 Å². The predicted molar refractivity (Wildman–Crippen MR) is 124 cm³/mol. The van der Waals surface area contributed by atoms with Gasteiger partial charge in [-0.25, -0.2) is 4.98 Å². The summed E-state index contributed by atoms with van der Waals surface area (Å²) in [5.41, 5.74) is 8.14. The lowest BCUT2D eigenvalue weighted by Crippen LogP contribution is -2.43. The van der Waals surface area contributed by atoms with Crippen LogP contribution in [0.3, 0.4) is 0 Å². The Bertz CT molecular complexity index is 1040. The van der Waals surface area contributed by atoms with Crippen LogP contribution < -0.4 is 11.1 Å². The van der Waals surface area contributed by atoms with Crippen LogP contribution >= 0.6 is 0 Å². The van der Waals surface area contributed by atoms with Crippen LogP contribution in [0.1, 0.15) is 49.1 Å². The number of hydrogen-bond acceptors (Lipinski definition) is 5. The van der Waals surface area contributed by atoms with Gasteiger partial charge in [0.1, 0.15) is 5.69 Å². The van der Waals surface area contributed by atoms with E-state index in [2.05, 4.69) is 10.3 Å². The molecule has 1 fully saturated rings. The molecule has 0 bridgehead atoms. The Morgan fingerprint density at radius 3 is 2.25 bits per heavy atom. The number of ketones is 1. The molecular formula is C26H29N3O3. The van der Waals surface area contributed by atoms with Crippen LogP contribution in [0.4, 0.5) is 0 Å². The molecule has 1 heterocycles. The second-order valence-electron chi connectivity index (χ2n) is 8.42. The summed E-state index contributed by atoms with van der Waals surface area (Å²) in [6, 6.07) is 18.2. The minimum Gasteiger partial charge on any atom is -0.432 e. The molecule has 1 aliphatic rings. The van der Waals surface area contributed by atoms with Crippen molar-refractivity contribution in [2.45, 2.75) is 44.6 Å². The van der Waals surface area contributed by atoms with Crippen molar-refractivity contribution in [3.8, 4) is 22.7 Å². The lowest BCUT2D eigenvalue weighted by molar-refractivity contribution is -0.122. The van der Waals surface area contributed by atoms with E-state index < -0.39 is 6.04 Å². The number of carbonyl (C=O) groups excluding carboxylic acids is 2. The highest BCUT2D eigenvalue weighted by molar-refractivity contribution is 6.02. The zero-order valence-corrected chi connectivity index (χ0v) is 18.1. The monoisotopic (exact) mass is 431 g/mol. The second kappa shape index (κ2) is 10.4. The van der Waals surface area contributed by atoms with Crippen molar-refractivity contribution in [2.75, 3.05) is 6.54 Å². The summed E-state index contributed by atoms with van der Waals surface area (Å²) in [5.74, 6) is 0.363. The number of amides is 1. The lowest BCUT2D eigenvalue weighted by atomic mass is 9.85. The minimum absolute atomic E-state index is 0.135.